The van der Waals surface area contributed by atoms with E-state index in [0.29, 0.717) is 12.0 Å². The van der Waals surface area contributed by atoms with E-state index in [2.05, 4.69) is 0 Å². The van der Waals surface area contributed by atoms with E-state index in [9.17, 15) is 14.5 Å². The molecule has 0 heterocycles. The molecule has 94 valence electrons. The van der Waals surface area contributed by atoms with Crippen molar-refractivity contribution in [3.8, 4) is 0 Å². The summed E-state index contributed by atoms with van der Waals surface area (Å²) in [6, 6.07) is 2.45. The van der Waals surface area contributed by atoms with Crippen molar-refractivity contribution in [1.29, 1.82) is 0 Å². The average molecular weight is 372 g/mol. The summed E-state index contributed by atoms with van der Waals surface area (Å²) in [4.78, 5) is 10.4. The predicted octanol–water partition coefficient (Wildman–Crippen LogP) is 4.14. The molecule has 1 aromatic carbocycles. The topological polar surface area (TPSA) is 43.1 Å². The fourth-order valence-corrected chi connectivity index (χ4v) is 1.97. The van der Waals surface area contributed by atoms with Crippen molar-refractivity contribution in [2.75, 3.05) is 0 Å². The minimum absolute atomic E-state index is 0.0675. The van der Waals surface area contributed by atoms with Gasteiger partial charge in [-0.2, -0.15) is 0 Å². The maximum atomic E-state index is 13.4. The van der Waals surface area contributed by atoms with Gasteiger partial charge in [0.25, 0.3) is 5.69 Å². The third-order valence-corrected chi connectivity index (χ3v) is 3.94. The van der Waals surface area contributed by atoms with Gasteiger partial charge in [0, 0.05) is 17.0 Å². The number of rotatable bonds is 4. The fraction of sp³-hybridized carbons (Fsp3) is 0.455. The number of halogens is 3. The van der Waals surface area contributed by atoms with Crippen LogP contribution in [0.3, 0.4) is 0 Å². The summed E-state index contributed by atoms with van der Waals surface area (Å²) >= 11 is 7.81. The van der Waals surface area contributed by atoms with Crippen LogP contribution in [0.2, 0.25) is 0 Å². The summed E-state index contributed by atoms with van der Waals surface area (Å²) in [5.41, 5.74) is 0.281. The number of hydrogen-bond acceptors (Lipinski definition) is 2. The zero-order valence-corrected chi connectivity index (χ0v) is 12.3. The Bertz CT molecular complexity index is 440. The van der Waals surface area contributed by atoms with Gasteiger partial charge in [0.2, 0.25) is 0 Å². The molecule has 0 saturated heterocycles. The highest BCUT2D eigenvalue weighted by Gasteiger charge is 2.21. The van der Waals surface area contributed by atoms with Crippen LogP contribution in [-0.4, -0.2) is 10.3 Å². The zero-order valence-electron chi connectivity index (χ0n) is 9.41. The number of nitro groups is 1. The molecule has 0 bridgehead atoms. The number of nitro benzene ring substituents is 1. The van der Waals surface area contributed by atoms with Crippen LogP contribution in [0.15, 0.2) is 12.1 Å². The summed E-state index contributed by atoms with van der Waals surface area (Å²) < 4.78 is 13.6. The molecule has 0 saturated carbocycles. The highest BCUT2D eigenvalue weighted by molar-refractivity contribution is 14.1. The van der Waals surface area contributed by atoms with Crippen molar-refractivity contribution < 1.29 is 9.31 Å². The molecule has 0 aliphatic carbocycles. The molecule has 0 aliphatic heterocycles. The molecule has 0 fully saturated rings. The second-order valence-electron chi connectivity index (χ2n) is 4.12. The second kappa shape index (κ2) is 5.95. The Morgan fingerprint density at radius 1 is 1.53 bits per heavy atom. The lowest BCUT2D eigenvalue weighted by molar-refractivity contribution is -0.385. The maximum absolute atomic E-state index is 13.4. The summed E-state index contributed by atoms with van der Waals surface area (Å²) in [6.45, 7) is 3.85. The van der Waals surface area contributed by atoms with Crippen molar-refractivity contribution >= 4 is 39.9 Å². The van der Waals surface area contributed by atoms with E-state index in [1.54, 1.807) is 22.6 Å². The SMILES string of the molecule is CC(C)C(Cl)Cc1cc(F)c(I)cc1[N+](=O)[O-]. The number of benzene rings is 1. The first-order chi connectivity index (χ1) is 7.82. The standard InChI is InChI=1S/C11H12ClFINO2/c1-6(2)8(12)3-7-4-9(13)10(14)5-11(7)15(16)17/h4-6,8H,3H2,1-2H3. The Labute approximate surface area is 118 Å². The average Bonchev–Trinajstić information content (AvgIpc) is 2.22. The molecule has 0 radical (unpaired) electrons. The van der Waals surface area contributed by atoms with Gasteiger partial charge in [-0.1, -0.05) is 13.8 Å². The maximum Gasteiger partial charge on any atom is 0.273 e. The first kappa shape index (κ1) is 14.6. The number of nitrogens with zero attached hydrogens (tertiary/aromatic N) is 1. The van der Waals surface area contributed by atoms with E-state index < -0.39 is 10.7 Å². The van der Waals surface area contributed by atoms with Crippen molar-refractivity contribution in [2.45, 2.75) is 25.6 Å². The lowest BCUT2D eigenvalue weighted by atomic mass is 10.0. The summed E-state index contributed by atoms with van der Waals surface area (Å²) in [7, 11) is 0. The normalized spacial score (nSPS) is 12.8. The first-order valence-electron chi connectivity index (χ1n) is 5.09. The van der Waals surface area contributed by atoms with Gasteiger partial charge in [-0.15, -0.1) is 11.6 Å². The Balaban J connectivity index is 3.13. The van der Waals surface area contributed by atoms with Crippen molar-refractivity contribution in [2.24, 2.45) is 5.92 Å². The van der Waals surface area contributed by atoms with Crippen LogP contribution in [0.5, 0.6) is 0 Å². The zero-order chi connectivity index (χ0) is 13.2. The van der Waals surface area contributed by atoms with Gasteiger partial charge < -0.3 is 0 Å². The number of alkyl halides is 1. The molecule has 1 unspecified atom stereocenters. The molecular formula is C11H12ClFINO2. The molecule has 6 heteroatoms. The van der Waals surface area contributed by atoms with Gasteiger partial charge in [0.05, 0.1) is 8.49 Å². The van der Waals surface area contributed by atoms with Gasteiger partial charge in [-0.25, -0.2) is 4.39 Å². The molecule has 3 nitrogen and oxygen atoms in total. The van der Waals surface area contributed by atoms with Crippen molar-refractivity contribution in [3.05, 3.63) is 37.2 Å². The van der Waals surface area contributed by atoms with Crippen molar-refractivity contribution in [1.82, 2.24) is 0 Å². The van der Waals surface area contributed by atoms with E-state index in [0.717, 1.165) is 0 Å². The minimum atomic E-state index is -0.499. The van der Waals surface area contributed by atoms with Gasteiger partial charge in [-0.05, 0) is 41.0 Å². The molecule has 0 N–H and O–H groups in total. The van der Waals surface area contributed by atoms with Crippen LogP contribution in [0.25, 0.3) is 0 Å². The van der Waals surface area contributed by atoms with Crippen LogP contribution < -0.4 is 0 Å². The van der Waals surface area contributed by atoms with Crippen LogP contribution in [0.1, 0.15) is 19.4 Å². The first-order valence-corrected chi connectivity index (χ1v) is 6.60. The molecule has 1 aromatic rings. The van der Waals surface area contributed by atoms with E-state index in [4.69, 9.17) is 11.6 Å². The minimum Gasteiger partial charge on any atom is -0.258 e. The summed E-state index contributed by atoms with van der Waals surface area (Å²) in [6.07, 6.45) is 0.295. The molecule has 1 rings (SSSR count). The Morgan fingerprint density at radius 2 is 2.12 bits per heavy atom. The monoisotopic (exact) mass is 371 g/mol. The number of hydrogen-bond donors (Lipinski definition) is 0. The Kier molecular flexibility index (Phi) is 5.12. The van der Waals surface area contributed by atoms with Gasteiger partial charge >= 0.3 is 0 Å². The third-order valence-electron chi connectivity index (χ3n) is 2.46. The molecule has 17 heavy (non-hydrogen) atoms. The molecule has 0 aromatic heterocycles. The van der Waals surface area contributed by atoms with E-state index in [1.807, 2.05) is 13.8 Å². The van der Waals surface area contributed by atoms with Gasteiger partial charge in [-0.3, -0.25) is 10.1 Å². The Hall–Kier alpha value is -0.430. The lowest BCUT2D eigenvalue weighted by Gasteiger charge is -2.13. The fourth-order valence-electron chi connectivity index (χ4n) is 1.36. The lowest BCUT2D eigenvalue weighted by Crippen LogP contribution is -2.12. The highest BCUT2D eigenvalue weighted by Crippen LogP contribution is 2.27. The van der Waals surface area contributed by atoms with Crippen LogP contribution in [0, 0.1) is 25.4 Å². The highest BCUT2D eigenvalue weighted by atomic mass is 127. The molecule has 0 aliphatic rings. The summed E-state index contributed by atoms with van der Waals surface area (Å²) in [5, 5.41) is 10.6. The van der Waals surface area contributed by atoms with E-state index in [-0.39, 0.29) is 20.6 Å². The predicted molar refractivity (Wildman–Crippen MR) is 74.0 cm³/mol. The quantitative estimate of drug-likeness (QED) is 0.345. The van der Waals surface area contributed by atoms with Gasteiger partial charge in [0.1, 0.15) is 5.82 Å². The molecular weight excluding hydrogens is 359 g/mol. The Morgan fingerprint density at radius 3 is 2.59 bits per heavy atom. The molecule has 0 amide bonds. The van der Waals surface area contributed by atoms with Crippen LogP contribution >= 0.6 is 34.2 Å². The van der Waals surface area contributed by atoms with E-state index >= 15 is 0 Å². The second-order valence-corrected chi connectivity index (χ2v) is 5.84. The molecule has 1 atom stereocenters. The van der Waals surface area contributed by atoms with Crippen LogP contribution in [-0.2, 0) is 6.42 Å². The largest absolute Gasteiger partial charge is 0.273 e. The van der Waals surface area contributed by atoms with Crippen molar-refractivity contribution in [3.63, 3.8) is 0 Å². The summed E-state index contributed by atoms with van der Waals surface area (Å²) in [5.74, 6) is -0.266. The third kappa shape index (κ3) is 3.77. The van der Waals surface area contributed by atoms with Gasteiger partial charge in [0.15, 0.2) is 0 Å². The smallest absolute Gasteiger partial charge is 0.258 e. The van der Waals surface area contributed by atoms with Crippen LogP contribution in [0.4, 0.5) is 10.1 Å². The molecule has 0 spiro atoms. The van der Waals surface area contributed by atoms with E-state index in [1.165, 1.54) is 12.1 Å².